The minimum atomic E-state index is -1.13. The summed E-state index contributed by atoms with van der Waals surface area (Å²) in [5.74, 6) is -1.41. The Hall–Kier alpha value is -3.16. The number of aromatic nitrogens is 2. The lowest BCUT2D eigenvalue weighted by Gasteiger charge is -2.39. The van der Waals surface area contributed by atoms with E-state index in [0.717, 1.165) is 37.5 Å². The largest absolute Gasteiger partial charge is 0.381 e. The highest BCUT2D eigenvalue weighted by Crippen LogP contribution is 2.36. The maximum Gasteiger partial charge on any atom is 0.318 e. The van der Waals surface area contributed by atoms with E-state index in [1.807, 2.05) is 0 Å². The van der Waals surface area contributed by atoms with E-state index in [2.05, 4.69) is 25.9 Å². The molecule has 43 heavy (non-hydrogen) atoms. The number of alkyl halides is 1. The third kappa shape index (κ3) is 9.16. The molecule has 10 nitrogen and oxygen atoms in total. The first-order valence-corrected chi connectivity index (χ1v) is 15.2. The molecule has 2 fully saturated rings. The second-order valence-corrected chi connectivity index (χ2v) is 11.5. The standard InChI is InChI=1S/C30H44F3N7O3/c1-19(14-36-27(41)5-3-2-4-10-34)38-30(42)40(18-21-15-35-16-25(21)33)28(20-8-11-43-12-9-20)29-37-17-26(39-29)23-13-22(31)6-7-24(23)32/h6-7,13,17,19-21,25,28,35H,2-5,8-12,14-16,18,34H2,1H3,(H,36,41)(H,37,39)(H,38,42). The number of benzene rings is 1. The number of ether oxygens (including phenoxy) is 1. The molecule has 238 valence electrons. The Morgan fingerprint density at radius 2 is 1.98 bits per heavy atom. The highest BCUT2D eigenvalue weighted by atomic mass is 19.1. The molecule has 2 aliphatic rings. The Kier molecular flexibility index (Phi) is 12.2. The Balaban J connectivity index is 1.55. The Bertz CT molecular complexity index is 1190. The highest BCUT2D eigenvalue weighted by molar-refractivity contribution is 5.77. The number of amides is 3. The second-order valence-electron chi connectivity index (χ2n) is 11.5. The van der Waals surface area contributed by atoms with Gasteiger partial charge in [0.25, 0.3) is 0 Å². The van der Waals surface area contributed by atoms with Crippen LogP contribution in [-0.2, 0) is 9.53 Å². The van der Waals surface area contributed by atoms with Crippen molar-refractivity contribution in [3.05, 3.63) is 41.9 Å². The molecule has 6 N–H and O–H groups in total. The van der Waals surface area contributed by atoms with Gasteiger partial charge in [0.1, 0.15) is 23.6 Å². The zero-order valence-corrected chi connectivity index (χ0v) is 24.7. The van der Waals surface area contributed by atoms with Crippen molar-refractivity contribution in [1.82, 2.24) is 30.8 Å². The fraction of sp³-hybridized carbons (Fsp3) is 0.633. The normalized spacial score (nSPS) is 20.5. The molecule has 3 amide bonds. The maximum absolute atomic E-state index is 14.9. The molecule has 1 aromatic heterocycles. The smallest absolute Gasteiger partial charge is 0.318 e. The average molecular weight is 608 g/mol. The van der Waals surface area contributed by atoms with E-state index in [-0.39, 0.29) is 42.7 Å². The van der Waals surface area contributed by atoms with Gasteiger partial charge >= 0.3 is 6.03 Å². The predicted molar refractivity (Wildman–Crippen MR) is 157 cm³/mol. The van der Waals surface area contributed by atoms with Gasteiger partial charge in [-0.25, -0.2) is 22.9 Å². The molecule has 4 unspecified atom stereocenters. The molecule has 2 saturated heterocycles. The van der Waals surface area contributed by atoms with E-state index in [9.17, 15) is 22.8 Å². The lowest BCUT2D eigenvalue weighted by Crippen LogP contribution is -2.52. The molecule has 0 bridgehead atoms. The Morgan fingerprint density at radius 3 is 2.70 bits per heavy atom. The van der Waals surface area contributed by atoms with E-state index in [1.165, 1.54) is 6.20 Å². The van der Waals surface area contributed by atoms with Crippen LogP contribution in [0.5, 0.6) is 0 Å². The first kappa shape index (κ1) is 32.7. The summed E-state index contributed by atoms with van der Waals surface area (Å²) in [5.41, 5.74) is 5.81. The summed E-state index contributed by atoms with van der Waals surface area (Å²) >= 11 is 0. The summed E-state index contributed by atoms with van der Waals surface area (Å²) in [7, 11) is 0. The van der Waals surface area contributed by atoms with Crippen molar-refractivity contribution < 1.29 is 27.5 Å². The summed E-state index contributed by atoms with van der Waals surface area (Å²) in [4.78, 5) is 35.5. The van der Waals surface area contributed by atoms with Gasteiger partial charge in [-0.3, -0.25) is 4.79 Å². The van der Waals surface area contributed by atoms with Crippen molar-refractivity contribution in [2.24, 2.45) is 17.6 Å². The summed E-state index contributed by atoms with van der Waals surface area (Å²) < 4.78 is 49.0. The number of halogens is 3. The van der Waals surface area contributed by atoms with E-state index in [0.29, 0.717) is 51.4 Å². The molecule has 1 aromatic carbocycles. The van der Waals surface area contributed by atoms with Crippen molar-refractivity contribution in [3.63, 3.8) is 0 Å². The number of unbranched alkanes of at least 4 members (excludes halogenated alkanes) is 2. The summed E-state index contributed by atoms with van der Waals surface area (Å²) in [6.45, 7) is 4.35. The molecule has 2 aliphatic heterocycles. The van der Waals surface area contributed by atoms with Crippen LogP contribution >= 0.6 is 0 Å². The van der Waals surface area contributed by atoms with Gasteiger partial charge in [-0.1, -0.05) is 6.42 Å². The number of imidazole rings is 1. The molecular weight excluding hydrogens is 563 g/mol. The molecule has 4 rings (SSSR count). The quantitative estimate of drug-likeness (QED) is 0.209. The molecule has 0 saturated carbocycles. The maximum atomic E-state index is 14.9. The molecule has 0 radical (unpaired) electrons. The van der Waals surface area contributed by atoms with Crippen molar-refractivity contribution in [3.8, 4) is 11.3 Å². The molecule has 3 heterocycles. The van der Waals surface area contributed by atoms with Gasteiger partial charge in [0.15, 0.2) is 0 Å². The number of carbonyl (C=O) groups is 2. The van der Waals surface area contributed by atoms with Crippen molar-refractivity contribution in [1.29, 1.82) is 0 Å². The van der Waals surface area contributed by atoms with Gasteiger partial charge in [0, 0.05) is 63.3 Å². The van der Waals surface area contributed by atoms with E-state index in [1.54, 1.807) is 11.8 Å². The topological polar surface area (TPSA) is 137 Å². The van der Waals surface area contributed by atoms with Gasteiger partial charge in [-0.05, 0) is 63.3 Å². The number of nitrogens with two attached hydrogens (primary N) is 1. The summed E-state index contributed by atoms with van der Waals surface area (Å²) in [5, 5.41) is 8.89. The van der Waals surface area contributed by atoms with Crippen molar-refractivity contribution in [2.75, 3.05) is 45.9 Å². The van der Waals surface area contributed by atoms with Crippen LogP contribution in [0.3, 0.4) is 0 Å². The molecule has 0 aliphatic carbocycles. The van der Waals surface area contributed by atoms with Gasteiger partial charge in [0.2, 0.25) is 5.91 Å². The molecular formula is C30H44F3N7O3. The van der Waals surface area contributed by atoms with Gasteiger partial charge in [0.05, 0.1) is 17.9 Å². The van der Waals surface area contributed by atoms with Crippen LogP contribution in [-0.4, -0.2) is 85.0 Å². The molecule has 0 spiro atoms. The van der Waals surface area contributed by atoms with Crippen molar-refractivity contribution >= 4 is 11.9 Å². The SMILES string of the molecule is CC(CNC(=O)CCCCCN)NC(=O)N(CC1CNCC1F)C(c1ncc(-c2cc(F)ccc2F)[nH]1)C1CCOCC1. The first-order chi connectivity index (χ1) is 20.8. The fourth-order valence-electron chi connectivity index (χ4n) is 5.75. The number of hydrogen-bond donors (Lipinski definition) is 5. The number of nitrogens with one attached hydrogen (secondary N) is 4. The Morgan fingerprint density at radius 1 is 1.19 bits per heavy atom. The number of rotatable bonds is 14. The summed E-state index contributed by atoms with van der Waals surface area (Å²) in [6.07, 6.45) is 4.45. The lowest BCUT2D eigenvalue weighted by atomic mass is 9.89. The van der Waals surface area contributed by atoms with Crippen LogP contribution in [0, 0.1) is 23.5 Å². The minimum Gasteiger partial charge on any atom is -0.381 e. The van der Waals surface area contributed by atoms with Crippen LogP contribution in [0.15, 0.2) is 24.4 Å². The van der Waals surface area contributed by atoms with E-state index in [4.69, 9.17) is 10.5 Å². The number of hydrogen-bond acceptors (Lipinski definition) is 6. The minimum absolute atomic E-state index is 0.0247. The number of urea groups is 1. The fourth-order valence-corrected chi connectivity index (χ4v) is 5.75. The third-order valence-corrected chi connectivity index (χ3v) is 8.18. The molecule has 13 heteroatoms. The zero-order valence-electron chi connectivity index (χ0n) is 24.7. The van der Waals surface area contributed by atoms with Crippen LogP contribution in [0.2, 0.25) is 0 Å². The van der Waals surface area contributed by atoms with Gasteiger partial charge in [-0.2, -0.15) is 0 Å². The van der Waals surface area contributed by atoms with Gasteiger partial charge in [-0.15, -0.1) is 0 Å². The van der Waals surface area contributed by atoms with Crippen LogP contribution in [0.25, 0.3) is 11.3 Å². The number of nitrogens with zero attached hydrogens (tertiary/aromatic N) is 2. The van der Waals surface area contributed by atoms with Crippen LogP contribution in [0.1, 0.15) is 57.3 Å². The first-order valence-electron chi connectivity index (χ1n) is 15.2. The second kappa shape index (κ2) is 16.1. The van der Waals surface area contributed by atoms with Gasteiger partial charge < -0.3 is 36.3 Å². The lowest BCUT2D eigenvalue weighted by molar-refractivity contribution is -0.121. The third-order valence-electron chi connectivity index (χ3n) is 8.18. The Labute approximate surface area is 250 Å². The monoisotopic (exact) mass is 607 g/mol. The van der Waals surface area contributed by atoms with E-state index < -0.39 is 41.8 Å². The number of carbonyl (C=O) groups excluding carboxylic acids is 2. The number of aromatic amines is 1. The van der Waals surface area contributed by atoms with E-state index >= 15 is 0 Å². The molecule has 4 atom stereocenters. The predicted octanol–water partition coefficient (Wildman–Crippen LogP) is 3.42. The van der Waals surface area contributed by atoms with Crippen molar-refractivity contribution in [2.45, 2.75) is 63.7 Å². The number of H-pyrrole nitrogens is 1. The highest BCUT2D eigenvalue weighted by Gasteiger charge is 2.39. The summed E-state index contributed by atoms with van der Waals surface area (Å²) in [6, 6.07) is 1.75. The van der Waals surface area contributed by atoms with Crippen LogP contribution in [0.4, 0.5) is 18.0 Å². The average Bonchev–Trinajstić information content (AvgIpc) is 3.65. The zero-order chi connectivity index (χ0) is 30.8. The molecule has 2 aromatic rings. The van der Waals surface area contributed by atoms with Crippen LogP contribution < -0.4 is 21.7 Å².